The van der Waals surface area contributed by atoms with Gasteiger partial charge in [-0.2, -0.15) is 4.99 Å². The quantitative estimate of drug-likeness (QED) is 0.382. The van der Waals surface area contributed by atoms with Gasteiger partial charge in [-0.1, -0.05) is 17.7 Å². The van der Waals surface area contributed by atoms with Crippen molar-refractivity contribution >= 4 is 39.6 Å². The summed E-state index contributed by atoms with van der Waals surface area (Å²) in [4.78, 5) is 22.0. The molecule has 0 unspecified atom stereocenters. The van der Waals surface area contributed by atoms with Crippen LogP contribution < -0.4 is 14.2 Å². The number of hydrogen-bond acceptors (Lipinski definition) is 6. The van der Waals surface area contributed by atoms with Gasteiger partial charge in [0, 0.05) is 6.08 Å². The highest BCUT2D eigenvalue weighted by Crippen LogP contribution is 2.38. The van der Waals surface area contributed by atoms with Crippen molar-refractivity contribution in [1.82, 2.24) is 5.06 Å². The van der Waals surface area contributed by atoms with Crippen LogP contribution in [0.4, 0.5) is 0 Å². The Bertz CT molecular complexity index is 1220. The number of fused-ring (bicyclic) bond motifs is 1. The fourth-order valence-corrected chi connectivity index (χ4v) is 3.95. The summed E-state index contributed by atoms with van der Waals surface area (Å²) in [6.07, 6.45) is 3.20. The van der Waals surface area contributed by atoms with Crippen LogP contribution in [-0.4, -0.2) is 42.5 Å². The SMILES string of the molecule is CCOc1cc(/C=C2/C(=N)N3OC(C)=CC3=NC2=O)cc(Br)c1OCCOc1ccc(C)cc1. The number of amides is 1. The largest absolute Gasteiger partial charge is 0.490 e. The van der Waals surface area contributed by atoms with Crippen molar-refractivity contribution in [2.24, 2.45) is 4.99 Å². The number of aryl methyl sites for hydroxylation is 1. The van der Waals surface area contributed by atoms with Crippen molar-refractivity contribution < 1.29 is 23.8 Å². The normalized spacial score (nSPS) is 16.1. The third-order valence-corrected chi connectivity index (χ3v) is 5.53. The van der Waals surface area contributed by atoms with E-state index < -0.39 is 5.91 Å². The predicted octanol–water partition coefficient (Wildman–Crippen LogP) is 5.06. The summed E-state index contributed by atoms with van der Waals surface area (Å²) >= 11 is 3.54. The van der Waals surface area contributed by atoms with Gasteiger partial charge in [0.25, 0.3) is 5.91 Å². The number of amidine groups is 2. The van der Waals surface area contributed by atoms with Crippen LogP contribution in [0.15, 0.2) is 63.3 Å². The summed E-state index contributed by atoms with van der Waals surface area (Å²) in [7, 11) is 0. The van der Waals surface area contributed by atoms with Crippen molar-refractivity contribution in [2.45, 2.75) is 20.8 Å². The Morgan fingerprint density at radius 2 is 1.85 bits per heavy atom. The molecule has 0 saturated carbocycles. The summed E-state index contributed by atoms with van der Waals surface area (Å²) < 4.78 is 18.1. The van der Waals surface area contributed by atoms with Crippen molar-refractivity contribution in [1.29, 1.82) is 5.41 Å². The first-order valence-corrected chi connectivity index (χ1v) is 11.5. The van der Waals surface area contributed by atoms with Gasteiger partial charge in [-0.25, -0.2) is 0 Å². The molecule has 0 saturated heterocycles. The van der Waals surface area contributed by atoms with Gasteiger partial charge in [0.1, 0.15) is 24.7 Å². The number of nitrogens with zero attached hydrogens (tertiary/aromatic N) is 2. The van der Waals surface area contributed by atoms with Crippen LogP contribution in [0.1, 0.15) is 25.0 Å². The molecule has 34 heavy (non-hydrogen) atoms. The van der Waals surface area contributed by atoms with Gasteiger partial charge in [0.05, 0.1) is 16.7 Å². The molecule has 0 spiro atoms. The topological polar surface area (TPSA) is 93.4 Å². The molecular formula is C25H24BrN3O5. The summed E-state index contributed by atoms with van der Waals surface area (Å²) in [5.41, 5.74) is 1.93. The number of aliphatic imine (C=N–C) groups is 1. The molecule has 2 heterocycles. The lowest BCUT2D eigenvalue weighted by molar-refractivity contribution is -0.114. The highest BCUT2D eigenvalue weighted by atomic mass is 79.9. The molecule has 0 atom stereocenters. The van der Waals surface area contributed by atoms with Crippen LogP contribution in [-0.2, 0) is 9.63 Å². The Balaban J connectivity index is 1.50. The molecule has 0 radical (unpaired) electrons. The van der Waals surface area contributed by atoms with Gasteiger partial charge in [-0.3, -0.25) is 10.2 Å². The first-order chi connectivity index (χ1) is 16.4. The fourth-order valence-electron chi connectivity index (χ4n) is 3.38. The zero-order chi connectivity index (χ0) is 24.2. The van der Waals surface area contributed by atoms with Crippen molar-refractivity contribution in [3.05, 3.63) is 69.4 Å². The number of halogens is 1. The monoisotopic (exact) mass is 525 g/mol. The molecule has 0 fully saturated rings. The van der Waals surface area contributed by atoms with E-state index in [4.69, 9.17) is 24.5 Å². The molecule has 1 amide bonds. The zero-order valence-electron chi connectivity index (χ0n) is 19.1. The standard InChI is InChI=1S/C25H24BrN3O5/c1-4-31-21-14-17(12-19-24(27)29-22(28-25(19)30)11-16(3)34-29)13-20(26)23(21)33-10-9-32-18-7-5-15(2)6-8-18/h5-8,11-14,27H,4,9-10H2,1-3H3/b19-12-,27-24?. The third kappa shape index (κ3) is 5.14. The molecular weight excluding hydrogens is 502 g/mol. The number of ether oxygens (including phenoxy) is 3. The van der Waals surface area contributed by atoms with E-state index in [1.807, 2.05) is 38.1 Å². The molecule has 4 rings (SSSR count). The second-order valence-electron chi connectivity index (χ2n) is 7.60. The Kier molecular flexibility index (Phi) is 7.02. The number of rotatable bonds is 8. The summed E-state index contributed by atoms with van der Waals surface area (Å²) in [6, 6.07) is 11.4. The minimum absolute atomic E-state index is 0.0780. The average molecular weight is 526 g/mol. The Hall–Kier alpha value is -3.59. The predicted molar refractivity (Wildman–Crippen MR) is 132 cm³/mol. The molecule has 0 aromatic heterocycles. The Morgan fingerprint density at radius 1 is 1.12 bits per heavy atom. The molecule has 9 heteroatoms. The van der Waals surface area contributed by atoms with E-state index >= 15 is 0 Å². The Morgan fingerprint density at radius 3 is 2.59 bits per heavy atom. The van der Waals surface area contributed by atoms with Gasteiger partial charge in [0.2, 0.25) is 0 Å². The third-order valence-electron chi connectivity index (χ3n) is 4.94. The second kappa shape index (κ2) is 10.1. The van der Waals surface area contributed by atoms with E-state index in [9.17, 15) is 4.79 Å². The van der Waals surface area contributed by atoms with E-state index in [2.05, 4.69) is 20.9 Å². The highest BCUT2D eigenvalue weighted by Gasteiger charge is 2.34. The summed E-state index contributed by atoms with van der Waals surface area (Å²) in [5.74, 6) is 2.10. The number of carbonyl (C=O) groups is 1. The van der Waals surface area contributed by atoms with Crippen LogP contribution >= 0.6 is 15.9 Å². The number of carbonyl (C=O) groups excluding carboxylic acids is 1. The van der Waals surface area contributed by atoms with Gasteiger partial charge >= 0.3 is 0 Å². The second-order valence-corrected chi connectivity index (χ2v) is 8.45. The van der Waals surface area contributed by atoms with E-state index in [0.29, 0.717) is 53.0 Å². The van der Waals surface area contributed by atoms with Crippen molar-refractivity contribution in [3.8, 4) is 17.2 Å². The van der Waals surface area contributed by atoms with Gasteiger partial charge in [-0.15, -0.1) is 5.06 Å². The van der Waals surface area contributed by atoms with Gasteiger partial charge in [0.15, 0.2) is 23.2 Å². The lowest BCUT2D eigenvalue weighted by atomic mass is 10.1. The van der Waals surface area contributed by atoms with Gasteiger partial charge in [-0.05, 0) is 72.6 Å². The maximum atomic E-state index is 12.5. The van der Waals surface area contributed by atoms with Crippen LogP contribution in [0.2, 0.25) is 0 Å². The van der Waals surface area contributed by atoms with Crippen molar-refractivity contribution in [2.75, 3.05) is 19.8 Å². The van der Waals surface area contributed by atoms with Crippen LogP contribution in [0.5, 0.6) is 17.2 Å². The number of hydrogen-bond donors (Lipinski definition) is 1. The number of allylic oxidation sites excluding steroid dienone is 1. The zero-order valence-corrected chi connectivity index (χ0v) is 20.6. The van der Waals surface area contributed by atoms with E-state index in [0.717, 1.165) is 5.75 Å². The molecule has 176 valence electrons. The molecule has 0 bridgehead atoms. The number of nitrogens with one attached hydrogen (secondary N) is 1. The number of hydroxylamine groups is 2. The number of benzene rings is 2. The Labute approximate surface area is 206 Å². The lowest BCUT2D eigenvalue weighted by Gasteiger charge is -2.23. The van der Waals surface area contributed by atoms with Crippen molar-refractivity contribution in [3.63, 3.8) is 0 Å². The average Bonchev–Trinajstić information content (AvgIpc) is 3.17. The fraction of sp³-hybridized carbons (Fsp3) is 0.240. The molecule has 8 nitrogen and oxygen atoms in total. The molecule has 2 aromatic rings. The molecule has 2 aliphatic rings. The summed E-state index contributed by atoms with van der Waals surface area (Å²) in [6.45, 7) is 6.74. The molecule has 0 aliphatic carbocycles. The van der Waals surface area contributed by atoms with E-state index in [1.165, 1.54) is 10.6 Å². The summed E-state index contributed by atoms with van der Waals surface area (Å²) in [5, 5.41) is 9.61. The highest BCUT2D eigenvalue weighted by molar-refractivity contribution is 9.10. The molecule has 2 aliphatic heterocycles. The van der Waals surface area contributed by atoms with Gasteiger partial charge < -0.3 is 19.0 Å². The minimum atomic E-state index is -0.506. The lowest BCUT2D eigenvalue weighted by Crippen LogP contribution is -2.38. The van der Waals surface area contributed by atoms with Crippen LogP contribution in [0, 0.1) is 12.3 Å². The van der Waals surface area contributed by atoms with Crippen LogP contribution in [0.3, 0.4) is 0 Å². The minimum Gasteiger partial charge on any atom is -0.490 e. The van der Waals surface area contributed by atoms with E-state index in [-0.39, 0.29) is 11.4 Å². The maximum absolute atomic E-state index is 12.5. The molecule has 2 aromatic carbocycles. The smallest absolute Gasteiger partial charge is 0.282 e. The maximum Gasteiger partial charge on any atom is 0.282 e. The van der Waals surface area contributed by atoms with Crippen LogP contribution in [0.25, 0.3) is 6.08 Å². The first-order valence-electron chi connectivity index (χ1n) is 10.7. The molecule has 1 N–H and O–H groups in total. The first kappa shape index (κ1) is 23.6. The van der Waals surface area contributed by atoms with E-state index in [1.54, 1.807) is 31.2 Å².